The maximum atomic E-state index is 14.3. The Bertz CT molecular complexity index is 1240. The van der Waals surface area contributed by atoms with Gasteiger partial charge in [0.05, 0.1) is 18.3 Å². The highest BCUT2D eigenvalue weighted by Gasteiger charge is 2.14. The molecule has 0 aliphatic carbocycles. The number of halogens is 1. The Morgan fingerprint density at radius 1 is 1.00 bits per heavy atom. The van der Waals surface area contributed by atoms with Crippen molar-refractivity contribution in [3.63, 3.8) is 0 Å². The summed E-state index contributed by atoms with van der Waals surface area (Å²) in [6.45, 7) is 1.67. The standard InChI is InChI=1S/C24H20FNO2S.H3P/c1-16-12-23(28-2)22(14-20(16)25)26-21-10-9-19(13-18(21)8-11-24(26)27)29-15-17-6-4-3-5-7-17;/h3-14H,15H2,1-2H3;1H3. The van der Waals surface area contributed by atoms with Crippen LogP contribution in [0.15, 0.2) is 82.5 Å². The highest BCUT2D eigenvalue weighted by atomic mass is 32.2. The fourth-order valence-corrected chi connectivity index (χ4v) is 4.19. The van der Waals surface area contributed by atoms with E-state index < -0.39 is 0 Å². The van der Waals surface area contributed by atoms with Crippen LogP contribution in [0.1, 0.15) is 11.1 Å². The molecule has 1 aromatic heterocycles. The summed E-state index contributed by atoms with van der Waals surface area (Å²) in [5.74, 6) is 0.948. The number of nitrogens with zero attached hydrogens (tertiary/aromatic N) is 1. The zero-order valence-electron chi connectivity index (χ0n) is 16.9. The smallest absolute Gasteiger partial charge is 0.255 e. The van der Waals surface area contributed by atoms with Gasteiger partial charge >= 0.3 is 0 Å². The van der Waals surface area contributed by atoms with Crippen molar-refractivity contribution in [2.75, 3.05) is 7.11 Å². The van der Waals surface area contributed by atoms with Crippen molar-refractivity contribution in [3.05, 3.63) is 100 Å². The summed E-state index contributed by atoms with van der Waals surface area (Å²) in [5, 5.41) is 0.908. The van der Waals surface area contributed by atoms with Gasteiger partial charge in [-0.05, 0) is 53.8 Å². The van der Waals surface area contributed by atoms with E-state index in [2.05, 4.69) is 18.2 Å². The Labute approximate surface area is 182 Å². The monoisotopic (exact) mass is 439 g/mol. The molecule has 1 atom stereocenters. The molecule has 0 radical (unpaired) electrons. The fourth-order valence-electron chi connectivity index (χ4n) is 3.29. The van der Waals surface area contributed by atoms with E-state index in [1.807, 2.05) is 30.3 Å². The second kappa shape index (κ2) is 9.46. The normalized spacial score (nSPS) is 10.6. The molecule has 3 aromatic carbocycles. The molecule has 0 N–H and O–H groups in total. The minimum atomic E-state index is -0.375. The predicted octanol–water partition coefficient (Wildman–Crippen LogP) is 5.80. The van der Waals surface area contributed by atoms with Gasteiger partial charge in [-0.3, -0.25) is 9.36 Å². The van der Waals surface area contributed by atoms with Gasteiger partial charge in [0.2, 0.25) is 0 Å². The molecule has 1 unspecified atom stereocenters. The van der Waals surface area contributed by atoms with Crippen molar-refractivity contribution >= 4 is 32.6 Å². The predicted molar refractivity (Wildman–Crippen MR) is 128 cm³/mol. The molecular weight excluding hydrogens is 416 g/mol. The van der Waals surface area contributed by atoms with Crippen molar-refractivity contribution in [1.82, 2.24) is 4.57 Å². The van der Waals surface area contributed by atoms with Crippen LogP contribution in [-0.4, -0.2) is 11.7 Å². The largest absolute Gasteiger partial charge is 0.495 e. The number of fused-ring (bicyclic) bond motifs is 1. The van der Waals surface area contributed by atoms with Crippen LogP contribution in [-0.2, 0) is 5.75 Å². The first-order chi connectivity index (χ1) is 14.1. The third kappa shape index (κ3) is 4.43. The quantitative estimate of drug-likeness (QED) is 0.291. The van der Waals surface area contributed by atoms with Crippen LogP contribution in [0.2, 0.25) is 0 Å². The summed E-state index contributed by atoms with van der Waals surface area (Å²) in [6.07, 6.45) is 0. The zero-order valence-corrected chi connectivity index (χ0v) is 19.1. The lowest BCUT2D eigenvalue weighted by Gasteiger charge is -2.15. The number of hydrogen-bond donors (Lipinski definition) is 0. The van der Waals surface area contributed by atoms with Crippen LogP contribution in [0.4, 0.5) is 4.39 Å². The Morgan fingerprint density at radius 3 is 2.50 bits per heavy atom. The Balaban J connectivity index is 0.00000256. The van der Waals surface area contributed by atoms with Gasteiger partial charge in [-0.2, -0.15) is 9.90 Å². The van der Waals surface area contributed by atoms with Crippen molar-refractivity contribution in [1.29, 1.82) is 0 Å². The molecule has 0 bridgehead atoms. The van der Waals surface area contributed by atoms with Crippen LogP contribution >= 0.6 is 21.7 Å². The van der Waals surface area contributed by atoms with Crippen molar-refractivity contribution in [2.45, 2.75) is 17.6 Å². The van der Waals surface area contributed by atoms with Crippen molar-refractivity contribution in [3.8, 4) is 11.4 Å². The molecule has 0 aliphatic heterocycles. The van der Waals surface area contributed by atoms with E-state index in [1.54, 1.807) is 30.8 Å². The first-order valence-corrected chi connectivity index (χ1v) is 10.2. The third-order valence-corrected chi connectivity index (χ3v) is 5.88. The molecule has 0 saturated heterocycles. The van der Waals surface area contributed by atoms with Crippen LogP contribution < -0.4 is 10.3 Å². The summed E-state index contributed by atoms with van der Waals surface area (Å²) >= 11 is 1.73. The van der Waals surface area contributed by atoms with E-state index in [9.17, 15) is 9.18 Å². The van der Waals surface area contributed by atoms with Gasteiger partial charge in [-0.15, -0.1) is 11.8 Å². The number of aryl methyl sites for hydroxylation is 1. The molecule has 3 nitrogen and oxygen atoms in total. The molecule has 4 aromatic rings. The van der Waals surface area contributed by atoms with E-state index in [-0.39, 0.29) is 21.3 Å². The lowest BCUT2D eigenvalue weighted by molar-refractivity contribution is 0.411. The summed E-state index contributed by atoms with van der Waals surface area (Å²) in [4.78, 5) is 13.8. The molecule has 30 heavy (non-hydrogen) atoms. The number of rotatable bonds is 5. The highest BCUT2D eigenvalue weighted by molar-refractivity contribution is 7.98. The van der Waals surface area contributed by atoms with E-state index in [4.69, 9.17) is 4.74 Å². The van der Waals surface area contributed by atoms with Gasteiger partial charge in [-0.1, -0.05) is 30.3 Å². The molecule has 154 valence electrons. The minimum Gasteiger partial charge on any atom is -0.495 e. The number of methoxy groups -OCH3 is 1. The maximum Gasteiger partial charge on any atom is 0.255 e. The second-order valence-corrected chi connectivity index (χ2v) is 7.82. The lowest BCUT2D eigenvalue weighted by atomic mass is 10.1. The SMILES string of the molecule is COc1cc(C)c(F)cc1-n1c(=O)ccc2cc(SCc3ccccc3)ccc21.P. The number of ether oxygens (including phenoxy) is 1. The van der Waals surface area contributed by atoms with Crippen molar-refractivity contribution in [2.24, 2.45) is 0 Å². The Hall–Kier alpha value is -2.62. The third-order valence-electron chi connectivity index (χ3n) is 4.82. The Morgan fingerprint density at radius 2 is 1.77 bits per heavy atom. The van der Waals surface area contributed by atoms with Crippen LogP contribution in [0, 0.1) is 12.7 Å². The number of thioether (sulfide) groups is 1. The summed E-state index contributed by atoms with van der Waals surface area (Å²) in [6, 6.07) is 22.5. The van der Waals surface area contributed by atoms with E-state index in [1.165, 1.54) is 29.4 Å². The maximum absolute atomic E-state index is 14.3. The first kappa shape index (κ1) is 22.1. The summed E-state index contributed by atoms with van der Waals surface area (Å²) < 4.78 is 21.2. The molecule has 0 aliphatic rings. The minimum absolute atomic E-state index is 0. The molecule has 6 heteroatoms. The van der Waals surface area contributed by atoms with Crippen LogP contribution in [0.3, 0.4) is 0 Å². The van der Waals surface area contributed by atoms with Gasteiger partial charge in [-0.25, -0.2) is 4.39 Å². The first-order valence-electron chi connectivity index (χ1n) is 9.24. The van der Waals surface area contributed by atoms with Crippen LogP contribution in [0.25, 0.3) is 16.6 Å². The summed E-state index contributed by atoms with van der Waals surface area (Å²) in [7, 11) is 1.52. The molecule has 0 saturated carbocycles. The molecule has 0 fully saturated rings. The van der Waals surface area contributed by atoms with Gasteiger partial charge in [0, 0.05) is 22.8 Å². The molecule has 0 amide bonds. The number of pyridine rings is 1. The van der Waals surface area contributed by atoms with E-state index in [0.717, 1.165) is 16.0 Å². The number of benzene rings is 3. The molecular formula is C24H23FNO2PS. The lowest BCUT2D eigenvalue weighted by Crippen LogP contribution is -2.18. The van der Waals surface area contributed by atoms with E-state index in [0.29, 0.717) is 22.5 Å². The molecule has 4 rings (SSSR count). The van der Waals surface area contributed by atoms with Gasteiger partial charge in [0.15, 0.2) is 0 Å². The van der Waals surface area contributed by atoms with Gasteiger partial charge in [0.1, 0.15) is 11.6 Å². The number of hydrogen-bond acceptors (Lipinski definition) is 3. The second-order valence-electron chi connectivity index (χ2n) is 6.78. The average Bonchev–Trinajstić information content (AvgIpc) is 2.74. The van der Waals surface area contributed by atoms with Crippen molar-refractivity contribution < 1.29 is 9.13 Å². The molecule has 0 spiro atoms. The average molecular weight is 439 g/mol. The van der Waals surface area contributed by atoms with Crippen LogP contribution in [0.5, 0.6) is 5.75 Å². The fraction of sp³-hybridized carbons (Fsp3) is 0.125. The summed E-state index contributed by atoms with van der Waals surface area (Å²) in [5.41, 5.74) is 2.60. The number of aromatic nitrogens is 1. The highest BCUT2D eigenvalue weighted by Crippen LogP contribution is 2.30. The van der Waals surface area contributed by atoms with Gasteiger partial charge in [0.25, 0.3) is 5.56 Å². The van der Waals surface area contributed by atoms with Gasteiger partial charge < -0.3 is 4.74 Å². The topological polar surface area (TPSA) is 31.2 Å². The zero-order chi connectivity index (χ0) is 20.4. The van der Waals surface area contributed by atoms with E-state index >= 15 is 0 Å². The molecule has 1 heterocycles. The Kier molecular flexibility index (Phi) is 6.96.